The fourth-order valence-electron chi connectivity index (χ4n) is 6.92. The van der Waals surface area contributed by atoms with E-state index in [1.807, 2.05) is 0 Å². The van der Waals surface area contributed by atoms with Crippen molar-refractivity contribution in [1.29, 1.82) is 0 Å². The molecule has 350 valence electrons. The summed E-state index contributed by atoms with van der Waals surface area (Å²) in [6.45, 7) is -1.26. The summed E-state index contributed by atoms with van der Waals surface area (Å²) < 4.78 is 33.5. The fraction of sp³-hybridized carbons (Fsp3) is 0.171. The van der Waals surface area contributed by atoms with Gasteiger partial charge in [-0.05, 0) is 48.5 Å². The summed E-state index contributed by atoms with van der Waals surface area (Å²) in [5, 5.41) is 144. The molecule has 26 heteroatoms. The molecule has 3 aliphatic rings. The van der Waals surface area contributed by atoms with E-state index in [0.717, 1.165) is 0 Å². The highest BCUT2D eigenvalue weighted by molar-refractivity contribution is 6.16. The molecule has 2 bridgehead atoms. The quantitative estimate of drug-likeness (QED) is 0.0702. The van der Waals surface area contributed by atoms with Crippen molar-refractivity contribution in [2.75, 3.05) is 6.61 Å². The first-order valence-corrected chi connectivity index (χ1v) is 18.6. The normalized spacial score (nSPS) is 21.3. The Bertz CT molecular complexity index is 2830. The van der Waals surface area contributed by atoms with Gasteiger partial charge in [0.05, 0.1) is 22.3 Å². The van der Waals surface area contributed by atoms with Gasteiger partial charge in [0.15, 0.2) is 87.0 Å². The number of fused-ring (bicyclic) bond motifs is 5. The van der Waals surface area contributed by atoms with E-state index in [0.29, 0.717) is 48.5 Å². The second-order valence-corrected chi connectivity index (χ2v) is 14.4. The van der Waals surface area contributed by atoms with E-state index in [4.69, 9.17) is 28.4 Å². The van der Waals surface area contributed by atoms with Gasteiger partial charge in [0.2, 0.25) is 18.1 Å². The molecule has 26 nitrogen and oxygen atoms in total. The highest BCUT2D eigenvalue weighted by Crippen LogP contribution is 2.49. The van der Waals surface area contributed by atoms with Crippen LogP contribution in [0.25, 0.3) is 5.57 Å². The molecule has 1 aliphatic carbocycles. The van der Waals surface area contributed by atoms with Crippen LogP contribution in [0.15, 0.2) is 60.1 Å². The third-order valence-electron chi connectivity index (χ3n) is 10.2. The molecule has 4 aromatic rings. The summed E-state index contributed by atoms with van der Waals surface area (Å²) in [5.74, 6) is -29.2. The molecule has 1 fully saturated rings. The number of benzene rings is 4. The van der Waals surface area contributed by atoms with Crippen molar-refractivity contribution in [2.45, 2.75) is 30.7 Å². The van der Waals surface area contributed by atoms with Crippen LogP contribution < -0.4 is 0 Å². The molecule has 2 aliphatic heterocycles. The molecule has 1 unspecified atom stereocenters. The lowest BCUT2D eigenvalue weighted by Gasteiger charge is -2.44. The third kappa shape index (κ3) is 8.16. The van der Waals surface area contributed by atoms with Gasteiger partial charge in [-0.25, -0.2) is 19.2 Å². The zero-order valence-corrected chi connectivity index (χ0v) is 32.9. The number of Topliss-reactive ketones (excluding diaryl/α,β-unsaturated/α-hetero) is 1. The van der Waals surface area contributed by atoms with Gasteiger partial charge in [-0.2, -0.15) is 0 Å². The van der Waals surface area contributed by atoms with Crippen molar-refractivity contribution in [1.82, 2.24) is 0 Å². The first kappa shape index (κ1) is 45.6. The average molecular weight is 939 g/mol. The number of phenols is 12. The largest absolute Gasteiger partial charge is 0.504 e. The molecule has 0 spiro atoms. The Morgan fingerprint density at radius 2 is 1.00 bits per heavy atom. The van der Waals surface area contributed by atoms with Crippen LogP contribution in [0.1, 0.15) is 47.0 Å². The molecular weight excluding hydrogens is 908 g/mol. The summed E-state index contributed by atoms with van der Waals surface area (Å²) in [7, 11) is 0. The van der Waals surface area contributed by atoms with Gasteiger partial charge < -0.3 is 99.9 Å². The van der Waals surface area contributed by atoms with Crippen LogP contribution >= 0.6 is 0 Å². The molecule has 0 amide bonds. The monoisotopic (exact) mass is 938 g/mol. The van der Waals surface area contributed by atoms with E-state index in [1.54, 1.807) is 0 Å². The Balaban J connectivity index is 1.44. The molecule has 0 radical (unpaired) electrons. The van der Waals surface area contributed by atoms with E-state index in [9.17, 15) is 100 Å². The Hall–Kier alpha value is -9.46. The summed E-state index contributed by atoms with van der Waals surface area (Å²) in [4.78, 5) is 82.6. The van der Waals surface area contributed by atoms with Crippen molar-refractivity contribution in [3.8, 4) is 69.0 Å². The smallest absolute Gasteiger partial charge is 0.340 e. The molecule has 7 rings (SSSR count). The topological polar surface area (TPSA) is 441 Å². The molecule has 0 aromatic heterocycles. The second kappa shape index (κ2) is 16.9. The first-order chi connectivity index (χ1) is 31.5. The van der Waals surface area contributed by atoms with E-state index in [1.165, 1.54) is 0 Å². The molecule has 67 heavy (non-hydrogen) atoms. The van der Waals surface area contributed by atoms with Gasteiger partial charge >= 0.3 is 29.8 Å². The molecule has 14 N–H and O–H groups in total. The molecule has 4 aromatic carbocycles. The van der Waals surface area contributed by atoms with Crippen LogP contribution in [-0.2, 0) is 38.0 Å². The minimum atomic E-state index is -2.57. The zero-order valence-electron chi connectivity index (χ0n) is 32.9. The Morgan fingerprint density at radius 1 is 0.537 bits per heavy atom. The predicted molar refractivity (Wildman–Crippen MR) is 207 cm³/mol. The number of aliphatic hydroxyl groups excluding tert-OH is 2. The minimum absolute atomic E-state index is 0.395. The first-order valence-electron chi connectivity index (χ1n) is 18.6. The highest BCUT2D eigenvalue weighted by Gasteiger charge is 2.56. The number of carbonyl (C=O) groups excluding carboxylic acids is 6. The predicted octanol–water partition coefficient (Wildman–Crippen LogP) is 1.18. The maximum atomic E-state index is 14.4. The van der Waals surface area contributed by atoms with Gasteiger partial charge in [-0.3, -0.25) is 9.59 Å². The molecule has 1 saturated heterocycles. The summed E-state index contributed by atoms with van der Waals surface area (Å²) in [5.41, 5.74) is -5.61. The summed E-state index contributed by atoms with van der Waals surface area (Å²) >= 11 is 0. The number of aromatic hydroxyl groups is 12. The molecular formula is C41H30O26. The number of carbonyl (C=O) groups is 6. The van der Waals surface area contributed by atoms with Gasteiger partial charge in [0.1, 0.15) is 18.6 Å². The Morgan fingerprint density at radius 3 is 1.51 bits per heavy atom. The lowest BCUT2D eigenvalue weighted by molar-refractivity contribution is -0.288. The number of esters is 5. The standard InChI is InChI=1S/C41H30O26/c42-15-1-10(2-16(43)26(15)50)36(57)62-9-23-33-34(65-37(58)11-3-17(44)27(51)18(45)4-11)35(41(63-23)67-38(59)12-5-19(46)28(52)20(47)6-12)66-40(61)14-8-22(49)30(54)32(56)25(14)24-13(39(60)64-33)7-21(48)29(53)31(24)55/h1-8,14,23,33-35,41-53,55-56H,9H2/t14?,23-,33-,34+,35-,41+/m1/s1. The molecule has 0 saturated carbocycles. The van der Waals surface area contributed by atoms with Gasteiger partial charge in [0.25, 0.3) is 5.78 Å². The van der Waals surface area contributed by atoms with E-state index >= 15 is 0 Å². The van der Waals surface area contributed by atoms with Crippen LogP contribution in [0, 0.1) is 5.92 Å². The number of phenolic OH excluding ortho intramolecular Hbond substituents is 12. The molecule has 2 heterocycles. The number of ether oxygens (including phenoxy) is 6. The number of rotatable bonds is 7. The van der Waals surface area contributed by atoms with E-state index in [-0.39, 0.29) is 0 Å². The van der Waals surface area contributed by atoms with E-state index < -0.39 is 193 Å². The van der Waals surface area contributed by atoms with Gasteiger partial charge in [-0.1, -0.05) is 0 Å². The number of hydrogen-bond donors (Lipinski definition) is 14. The minimum Gasteiger partial charge on any atom is -0.504 e. The highest BCUT2D eigenvalue weighted by atomic mass is 16.7. The van der Waals surface area contributed by atoms with Crippen molar-refractivity contribution in [3.05, 3.63) is 87.9 Å². The number of aliphatic hydroxyl groups is 2. The van der Waals surface area contributed by atoms with Crippen molar-refractivity contribution >= 4 is 41.2 Å². The second-order valence-electron chi connectivity index (χ2n) is 14.4. The number of ketones is 1. The SMILES string of the molecule is O=C1C(O)=CC2C(=O)O[C@H]3[C@H](OC(=O)c4cc(O)c(O)c(O)c4)O[C@H](COC(=O)c4cc(O)c(O)c(O)c4)[C@@H](OC(=O)c4cc(O)c(O)c(O)c4C2=C1O)[C@@H]3OC(=O)c1cc(O)c(O)c(O)c1. The lowest BCUT2D eigenvalue weighted by Crippen LogP contribution is -2.63. The van der Waals surface area contributed by atoms with Gasteiger partial charge in [0, 0.05) is 11.1 Å². The van der Waals surface area contributed by atoms with Crippen molar-refractivity contribution < 1.29 is 129 Å². The van der Waals surface area contributed by atoms with Crippen LogP contribution in [0.5, 0.6) is 69.0 Å². The van der Waals surface area contributed by atoms with E-state index in [2.05, 4.69) is 0 Å². The Labute approximate surface area is 369 Å². The zero-order chi connectivity index (χ0) is 49.1. The van der Waals surface area contributed by atoms with Gasteiger partial charge in [-0.15, -0.1) is 0 Å². The Kier molecular flexibility index (Phi) is 11.5. The lowest BCUT2D eigenvalue weighted by atomic mass is 9.83. The fourth-order valence-corrected chi connectivity index (χ4v) is 6.92. The van der Waals surface area contributed by atoms with Crippen LogP contribution in [0.4, 0.5) is 0 Å². The third-order valence-corrected chi connectivity index (χ3v) is 10.2. The number of hydrogen-bond acceptors (Lipinski definition) is 26. The average Bonchev–Trinajstić information content (AvgIpc) is 3.28. The maximum Gasteiger partial charge on any atom is 0.340 e. The summed E-state index contributed by atoms with van der Waals surface area (Å²) in [6, 6.07) is 3.82. The molecule has 6 atom stereocenters. The van der Waals surface area contributed by atoms with Crippen LogP contribution in [0.2, 0.25) is 0 Å². The van der Waals surface area contributed by atoms with Crippen molar-refractivity contribution in [3.63, 3.8) is 0 Å². The maximum absolute atomic E-state index is 14.4. The summed E-state index contributed by atoms with van der Waals surface area (Å²) in [6.07, 6.45) is -11.8. The van der Waals surface area contributed by atoms with Crippen LogP contribution in [0.3, 0.4) is 0 Å². The van der Waals surface area contributed by atoms with Crippen LogP contribution in [-0.4, -0.2) is 144 Å². The van der Waals surface area contributed by atoms with Crippen molar-refractivity contribution in [2.24, 2.45) is 5.92 Å².